The first kappa shape index (κ1) is 23.6. The summed E-state index contributed by atoms with van der Waals surface area (Å²) in [5.41, 5.74) is -1.14. The molecule has 0 bridgehead atoms. The summed E-state index contributed by atoms with van der Waals surface area (Å²) in [6, 6.07) is 21.1. The van der Waals surface area contributed by atoms with E-state index in [1.807, 2.05) is 19.1 Å². The Hall–Kier alpha value is -1.50. The van der Waals surface area contributed by atoms with Gasteiger partial charge in [-0.3, -0.25) is 0 Å². The van der Waals surface area contributed by atoms with Gasteiger partial charge in [0.1, 0.15) is 11.7 Å². The second kappa shape index (κ2) is 9.03. The van der Waals surface area contributed by atoms with Gasteiger partial charge in [0, 0.05) is 12.8 Å². The third kappa shape index (κ3) is 4.46. The van der Waals surface area contributed by atoms with Gasteiger partial charge in [-0.15, -0.1) is 0 Å². The van der Waals surface area contributed by atoms with E-state index in [0.717, 1.165) is 25.7 Å². The fraction of sp³-hybridized carbons (Fsp3) is 0.556. The van der Waals surface area contributed by atoms with E-state index < -0.39 is 19.7 Å². The van der Waals surface area contributed by atoms with Crippen LogP contribution < -0.4 is 10.4 Å². The van der Waals surface area contributed by atoms with Crippen molar-refractivity contribution in [3.8, 4) is 0 Å². The molecular weight excluding hydrogens is 416 g/mol. The first-order chi connectivity index (χ1) is 15.2. The predicted octanol–water partition coefficient (Wildman–Crippen LogP) is 4.39. The molecule has 2 aromatic carbocycles. The predicted molar refractivity (Wildman–Crippen MR) is 131 cm³/mol. The Kier molecular flexibility index (Phi) is 6.68. The van der Waals surface area contributed by atoms with Crippen LogP contribution in [0.3, 0.4) is 0 Å². The fourth-order valence-electron chi connectivity index (χ4n) is 5.32. The van der Waals surface area contributed by atoms with Gasteiger partial charge in [0.05, 0.1) is 13.2 Å². The lowest BCUT2D eigenvalue weighted by molar-refractivity contribution is -0.208. The molecule has 0 amide bonds. The van der Waals surface area contributed by atoms with Gasteiger partial charge < -0.3 is 19.0 Å². The Labute approximate surface area is 194 Å². The van der Waals surface area contributed by atoms with Crippen molar-refractivity contribution >= 4 is 18.7 Å². The molecule has 1 saturated carbocycles. The standard InChI is InChI=1S/C27H38O4Si/c1-25(2,3)32(22-14-8-5-9-15-22,23-16-10-6-11-17-23)30-21-26(4,28)24-20-29-27(31-24)18-12-7-13-19-27/h5-6,8-11,14-17,24,28H,7,12-13,18-21H2,1-4H3/t24-,26?/m0/s1. The van der Waals surface area contributed by atoms with Crippen LogP contribution in [0.15, 0.2) is 60.7 Å². The Morgan fingerprint density at radius 1 is 0.906 bits per heavy atom. The highest BCUT2D eigenvalue weighted by Crippen LogP contribution is 2.41. The lowest BCUT2D eigenvalue weighted by Gasteiger charge is -2.45. The van der Waals surface area contributed by atoms with Gasteiger partial charge in [-0.1, -0.05) is 87.9 Å². The average molecular weight is 455 g/mol. The molecule has 1 N–H and O–H groups in total. The van der Waals surface area contributed by atoms with Gasteiger partial charge in [0.15, 0.2) is 5.79 Å². The van der Waals surface area contributed by atoms with Crippen LogP contribution in [0, 0.1) is 0 Å². The van der Waals surface area contributed by atoms with Crippen LogP contribution in [0.2, 0.25) is 5.04 Å². The monoisotopic (exact) mass is 454 g/mol. The number of benzene rings is 2. The quantitative estimate of drug-likeness (QED) is 0.658. The molecule has 32 heavy (non-hydrogen) atoms. The van der Waals surface area contributed by atoms with Crippen molar-refractivity contribution in [2.75, 3.05) is 13.2 Å². The molecule has 1 aliphatic heterocycles. The number of hydrogen-bond donors (Lipinski definition) is 1. The number of hydrogen-bond acceptors (Lipinski definition) is 4. The van der Waals surface area contributed by atoms with Crippen molar-refractivity contribution in [2.45, 2.75) is 82.3 Å². The molecule has 2 aliphatic rings. The van der Waals surface area contributed by atoms with Gasteiger partial charge in [0.2, 0.25) is 0 Å². The van der Waals surface area contributed by atoms with Gasteiger partial charge in [-0.2, -0.15) is 0 Å². The molecule has 5 heteroatoms. The third-order valence-electron chi connectivity index (χ3n) is 7.16. The zero-order valence-electron chi connectivity index (χ0n) is 20.0. The molecule has 1 heterocycles. The maximum Gasteiger partial charge on any atom is 0.261 e. The van der Waals surface area contributed by atoms with Crippen molar-refractivity contribution in [3.63, 3.8) is 0 Å². The van der Waals surface area contributed by atoms with Gasteiger partial charge in [-0.05, 0) is 35.2 Å². The Morgan fingerprint density at radius 2 is 1.44 bits per heavy atom. The van der Waals surface area contributed by atoms with Crippen LogP contribution in [0.1, 0.15) is 59.8 Å². The summed E-state index contributed by atoms with van der Waals surface area (Å²) in [7, 11) is -2.71. The Morgan fingerprint density at radius 3 is 1.94 bits per heavy atom. The third-order valence-corrected chi connectivity index (χ3v) is 12.1. The fourth-order valence-corrected chi connectivity index (χ4v) is 9.99. The molecule has 1 spiro atoms. The lowest BCUT2D eigenvalue weighted by Crippen LogP contribution is -2.68. The van der Waals surface area contributed by atoms with Crippen molar-refractivity contribution in [1.29, 1.82) is 0 Å². The minimum atomic E-state index is -2.71. The smallest absolute Gasteiger partial charge is 0.261 e. The van der Waals surface area contributed by atoms with Crippen molar-refractivity contribution in [3.05, 3.63) is 60.7 Å². The molecule has 4 nitrogen and oxygen atoms in total. The van der Waals surface area contributed by atoms with E-state index in [-0.39, 0.29) is 17.7 Å². The molecule has 2 fully saturated rings. The van der Waals surface area contributed by atoms with Crippen LogP contribution >= 0.6 is 0 Å². The molecule has 1 aliphatic carbocycles. The Bertz CT molecular complexity index is 830. The summed E-state index contributed by atoms with van der Waals surface area (Å²) < 4.78 is 19.5. The minimum absolute atomic E-state index is 0.136. The second-order valence-corrected chi connectivity index (χ2v) is 15.0. The Balaban J connectivity index is 1.63. The normalized spacial score (nSPS) is 23.2. The van der Waals surface area contributed by atoms with E-state index >= 15 is 0 Å². The molecular formula is C27H38O4Si. The van der Waals surface area contributed by atoms with Gasteiger partial charge in [-0.25, -0.2) is 0 Å². The highest BCUT2D eigenvalue weighted by molar-refractivity contribution is 6.99. The summed E-state index contributed by atoms with van der Waals surface area (Å²) in [6.07, 6.45) is 4.90. The average Bonchev–Trinajstić information content (AvgIpc) is 3.19. The van der Waals surface area contributed by atoms with Crippen LogP contribution in [-0.2, 0) is 13.9 Å². The van der Waals surface area contributed by atoms with Crippen molar-refractivity contribution in [1.82, 2.24) is 0 Å². The number of aliphatic hydroxyl groups is 1. The zero-order valence-corrected chi connectivity index (χ0v) is 21.0. The molecule has 0 radical (unpaired) electrons. The maximum absolute atomic E-state index is 11.5. The largest absolute Gasteiger partial charge is 0.404 e. The molecule has 2 aromatic rings. The van der Waals surface area contributed by atoms with Crippen LogP contribution in [0.25, 0.3) is 0 Å². The summed E-state index contributed by atoms with van der Waals surface area (Å²) >= 11 is 0. The summed E-state index contributed by atoms with van der Waals surface area (Å²) in [5, 5.41) is 13.8. The molecule has 2 atom stereocenters. The molecule has 0 aromatic heterocycles. The van der Waals surface area contributed by atoms with Crippen molar-refractivity contribution < 1.29 is 19.0 Å². The SMILES string of the molecule is CC(O)(CO[Si](c1ccccc1)(c1ccccc1)C(C)(C)C)[C@@H]1COC2(CCCCC2)O1. The molecule has 1 unspecified atom stereocenters. The second-order valence-electron chi connectivity index (χ2n) is 10.7. The minimum Gasteiger partial charge on any atom is -0.404 e. The maximum atomic E-state index is 11.5. The summed E-state index contributed by atoms with van der Waals surface area (Å²) in [6.45, 7) is 9.20. The van der Waals surface area contributed by atoms with Gasteiger partial charge >= 0.3 is 0 Å². The van der Waals surface area contributed by atoms with Gasteiger partial charge in [0.25, 0.3) is 8.32 Å². The van der Waals surface area contributed by atoms with Crippen LogP contribution in [0.4, 0.5) is 0 Å². The van der Waals surface area contributed by atoms with Crippen LogP contribution in [0.5, 0.6) is 0 Å². The lowest BCUT2D eigenvalue weighted by atomic mass is 9.94. The summed E-state index contributed by atoms with van der Waals surface area (Å²) in [5.74, 6) is -0.510. The van der Waals surface area contributed by atoms with E-state index in [9.17, 15) is 5.11 Å². The topological polar surface area (TPSA) is 47.9 Å². The van der Waals surface area contributed by atoms with E-state index in [1.165, 1.54) is 16.8 Å². The van der Waals surface area contributed by atoms with E-state index in [0.29, 0.717) is 6.61 Å². The molecule has 4 rings (SSSR count). The first-order valence-corrected chi connectivity index (χ1v) is 13.9. The highest BCUT2D eigenvalue weighted by atomic mass is 28.4. The molecule has 1 saturated heterocycles. The van der Waals surface area contributed by atoms with Crippen molar-refractivity contribution in [2.24, 2.45) is 0 Å². The highest BCUT2D eigenvalue weighted by Gasteiger charge is 2.53. The van der Waals surface area contributed by atoms with E-state index in [4.69, 9.17) is 13.9 Å². The van der Waals surface area contributed by atoms with E-state index in [1.54, 1.807) is 0 Å². The molecule has 174 valence electrons. The number of ether oxygens (including phenoxy) is 2. The first-order valence-electron chi connectivity index (χ1n) is 12.0. The van der Waals surface area contributed by atoms with E-state index in [2.05, 4.69) is 69.3 Å². The van der Waals surface area contributed by atoms with Crippen LogP contribution in [-0.4, -0.2) is 44.1 Å². The number of rotatable bonds is 6. The zero-order chi connectivity index (χ0) is 22.9. The summed E-state index contributed by atoms with van der Waals surface area (Å²) in [4.78, 5) is 0.